The van der Waals surface area contributed by atoms with Crippen LogP contribution in [0.2, 0.25) is 0 Å². The van der Waals surface area contributed by atoms with Crippen molar-refractivity contribution in [1.82, 2.24) is 10.2 Å². The van der Waals surface area contributed by atoms with Gasteiger partial charge >= 0.3 is 0 Å². The molecule has 1 N–H and O–H groups in total. The molecule has 0 aliphatic carbocycles. The highest BCUT2D eigenvalue weighted by Gasteiger charge is 2.21. The lowest BCUT2D eigenvalue weighted by Crippen LogP contribution is -2.46. The molecule has 2 rings (SSSR count). The maximum Gasteiger partial charge on any atom is 0.0588 e. The van der Waals surface area contributed by atoms with Gasteiger partial charge in [0.25, 0.3) is 0 Å². The third-order valence-electron chi connectivity index (χ3n) is 4.36. The summed E-state index contributed by atoms with van der Waals surface area (Å²) >= 11 is 0. The minimum atomic E-state index is 0.533. The molecule has 2 unspecified atom stereocenters. The molecule has 2 saturated heterocycles. The van der Waals surface area contributed by atoms with E-state index in [0.29, 0.717) is 18.2 Å². The van der Waals surface area contributed by atoms with Crippen molar-refractivity contribution in [1.29, 1.82) is 0 Å². The van der Waals surface area contributed by atoms with E-state index in [2.05, 4.69) is 24.1 Å². The van der Waals surface area contributed by atoms with Crippen LogP contribution in [0.25, 0.3) is 0 Å². The molecular weight excluding hydrogens is 224 g/mol. The minimum absolute atomic E-state index is 0.533. The molecule has 0 aromatic heterocycles. The molecule has 2 heterocycles. The Bertz CT molecular complexity index is 221. The van der Waals surface area contributed by atoms with E-state index in [1.54, 1.807) is 0 Å². The van der Waals surface area contributed by atoms with Crippen molar-refractivity contribution in [2.24, 2.45) is 0 Å². The first kappa shape index (κ1) is 14.3. The van der Waals surface area contributed by atoms with Crippen molar-refractivity contribution in [3.05, 3.63) is 0 Å². The van der Waals surface area contributed by atoms with Gasteiger partial charge in [-0.1, -0.05) is 6.42 Å². The maximum atomic E-state index is 5.73. The topological polar surface area (TPSA) is 24.5 Å². The monoisotopic (exact) mass is 254 g/mol. The number of hydrogen-bond acceptors (Lipinski definition) is 3. The van der Waals surface area contributed by atoms with Crippen LogP contribution >= 0.6 is 0 Å². The zero-order chi connectivity index (χ0) is 12.8. The molecule has 2 fully saturated rings. The summed E-state index contributed by atoms with van der Waals surface area (Å²) in [6.45, 7) is 9.24. The van der Waals surface area contributed by atoms with E-state index < -0.39 is 0 Å². The fraction of sp³-hybridized carbons (Fsp3) is 1.00. The van der Waals surface area contributed by atoms with Crippen LogP contribution < -0.4 is 5.32 Å². The second kappa shape index (κ2) is 7.46. The molecule has 0 aromatic carbocycles. The van der Waals surface area contributed by atoms with Gasteiger partial charge in [-0.05, 0) is 52.5 Å². The smallest absolute Gasteiger partial charge is 0.0588 e. The zero-order valence-electron chi connectivity index (χ0n) is 12.2. The Morgan fingerprint density at radius 3 is 2.72 bits per heavy atom. The number of piperidine rings is 1. The first-order valence-electron chi connectivity index (χ1n) is 7.84. The quantitative estimate of drug-likeness (QED) is 0.788. The molecular formula is C15H30N2O. The van der Waals surface area contributed by atoms with Crippen LogP contribution in [0.4, 0.5) is 0 Å². The van der Waals surface area contributed by atoms with Crippen molar-refractivity contribution in [3.8, 4) is 0 Å². The van der Waals surface area contributed by atoms with E-state index in [0.717, 1.165) is 6.61 Å². The Morgan fingerprint density at radius 2 is 2.11 bits per heavy atom. The Morgan fingerprint density at radius 1 is 1.22 bits per heavy atom. The molecule has 2 aliphatic heterocycles. The molecule has 0 aromatic rings. The average molecular weight is 254 g/mol. The molecule has 0 saturated carbocycles. The number of rotatable bonds is 6. The second-order valence-corrected chi connectivity index (χ2v) is 6.16. The summed E-state index contributed by atoms with van der Waals surface area (Å²) in [5.74, 6) is 0. The van der Waals surface area contributed by atoms with Crippen molar-refractivity contribution >= 4 is 0 Å². The predicted octanol–water partition coefficient (Wildman–Crippen LogP) is 2.41. The minimum Gasteiger partial charge on any atom is -0.378 e. The van der Waals surface area contributed by atoms with Crippen molar-refractivity contribution < 1.29 is 4.74 Å². The van der Waals surface area contributed by atoms with Gasteiger partial charge in [-0.25, -0.2) is 0 Å². The van der Waals surface area contributed by atoms with E-state index in [4.69, 9.17) is 4.74 Å². The molecule has 0 amide bonds. The third kappa shape index (κ3) is 4.52. The number of hydrogen-bond donors (Lipinski definition) is 1. The van der Waals surface area contributed by atoms with E-state index in [-0.39, 0.29) is 0 Å². The Labute approximate surface area is 112 Å². The summed E-state index contributed by atoms with van der Waals surface area (Å²) in [7, 11) is 0. The van der Waals surface area contributed by atoms with Crippen molar-refractivity contribution in [2.45, 2.75) is 70.6 Å². The Kier molecular flexibility index (Phi) is 5.93. The fourth-order valence-corrected chi connectivity index (χ4v) is 3.11. The van der Waals surface area contributed by atoms with Crippen LogP contribution in [0.1, 0.15) is 52.4 Å². The summed E-state index contributed by atoms with van der Waals surface area (Å²) in [5.41, 5.74) is 0. The van der Waals surface area contributed by atoms with Gasteiger partial charge in [0.2, 0.25) is 0 Å². The van der Waals surface area contributed by atoms with Gasteiger partial charge in [0.15, 0.2) is 0 Å². The molecule has 3 heteroatoms. The van der Waals surface area contributed by atoms with Crippen LogP contribution in [0.15, 0.2) is 0 Å². The van der Waals surface area contributed by atoms with Crippen LogP contribution in [-0.2, 0) is 4.74 Å². The van der Waals surface area contributed by atoms with Crippen LogP contribution in [0.3, 0.4) is 0 Å². The number of nitrogens with one attached hydrogen (secondary N) is 1. The summed E-state index contributed by atoms with van der Waals surface area (Å²) < 4.78 is 5.73. The molecule has 3 nitrogen and oxygen atoms in total. The Balaban J connectivity index is 1.72. The van der Waals surface area contributed by atoms with E-state index in [1.165, 1.54) is 58.2 Å². The van der Waals surface area contributed by atoms with Gasteiger partial charge in [0.05, 0.1) is 6.10 Å². The standard InChI is InChI=1S/C15H30N2O/c1-13(2)17(10-8-15-7-5-11-18-15)12-14-6-3-4-9-16-14/h13-16H,3-12H2,1-2H3. The van der Waals surface area contributed by atoms with Crippen molar-refractivity contribution in [3.63, 3.8) is 0 Å². The SMILES string of the molecule is CC(C)N(CCC1CCCO1)CC1CCCCN1. The van der Waals surface area contributed by atoms with Crippen LogP contribution in [0, 0.1) is 0 Å². The highest BCUT2D eigenvalue weighted by molar-refractivity contribution is 4.78. The lowest BCUT2D eigenvalue weighted by atomic mass is 10.0. The van der Waals surface area contributed by atoms with Gasteiger partial charge in [-0.15, -0.1) is 0 Å². The van der Waals surface area contributed by atoms with E-state index >= 15 is 0 Å². The molecule has 0 radical (unpaired) electrons. The Hall–Kier alpha value is -0.120. The largest absolute Gasteiger partial charge is 0.378 e. The molecule has 0 spiro atoms. The van der Waals surface area contributed by atoms with Gasteiger partial charge in [-0.3, -0.25) is 4.90 Å². The highest BCUT2D eigenvalue weighted by Crippen LogP contribution is 2.17. The van der Waals surface area contributed by atoms with Crippen LogP contribution in [-0.4, -0.2) is 49.3 Å². The predicted molar refractivity (Wildman–Crippen MR) is 75.9 cm³/mol. The summed E-state index contributed by atoms with van der Waals surface area (Å²) in [4.78, 5) is 2.63. The molecule has 18 heavy (non-hydrogen) atoms. The fourth-order valence-electron chi connectivity index (χ4n) is 3.11. The van der Waals surface area contributed by atoms with E-state index in [9.17, 15) is 0 Å². The lowest BCUT2D eigenvalue weighted by Gasteiger charge is -2.33. The second-order valence-electron chi connectivity index (χ2n) is 6.16. The number of nitrogens with zero attached hydrogens (tertiary/aromatic N) is 1. The van der Waals surface area contributed by atoms with Crippen molar-refractivity contribution in [2.75, 3.05) is 26.2 Å². The third-order valence-corrected chi connectivity index (χ3v) is 4.36. The molecule has 2 aliphatic rings. The maximum absolute atomic E-state index is 5.73. The number of ether oxygens (including phenoxy) is 1. The van der Waals surface area contributed by atoms with Crippen LogP contribution in [0.5, 0.6) is 0 Å². The lowest BCUT2D eigenvalue weighted by molar-refractivity contribution is 0.0837. The summed E-state index contributed by atoms with van der Waals surface area (Å²) in [6, 6.07) is 1.36. The van der Waals surface area contributed by atoms with Gasteiger partial charge < -0.3 is 10.1 Å². The zero-order valence-corrected chi connectivity index (χ0v) is 12.2. The van der Waals surface area contributed by atoms with Gasteiger partial charge in [0, 0.05) is 31.8 Å². The normalized spacial score (nSPS) is 29.3. The average Bonchev–Trinajstić information content (AvgIpc) is 2.88. The van der Waals surface area contributed by atoms with E-state index in [1.807, 2.05) is 0 Å². The highest BCUT2D eigenvalue weighted by atomic mass is 16.5. The molecule has 0 bridgehead atoms. The first-order valence-corrected chi connectivity index (χ1v) is 7.84. The van der Waals surface area contributed by atoms with Gasteiger partial charge in [0.1, 0.15) is 0 Å². The summed E-state index contributed by atoms with van der Waals surface area (Å²) in [6.07, 6.45) is 8.38. The molecule has 2 atom stereocenters. The summed E-state index contributed by atoms with van der Waals surface area (Å²) in [5, 5.41) is 3.66. The first-order chi connectivity index (χ1) is 8.75. The molecule has 106 valence electrons. The van der Waals surface area contributed by atoms with Gasteiger partial charge in [-0.2, -0.15) is 0 Å².